The monoisotopic (exact) mass is 854 g/mol. The van der Waals surface area contributed by atoms with Crippen molar-refractivity contribution in [3.63, 3.8) is 0 Å². The molecule has 0 saturated carbocycles. The molecule has 2 nitrogen and oxygen atoms in total. The number of hydrogen-bond acceptors (Lipinski definition) is 2. The van der Waals surface area contributed by atoms with Gasteiger partial charge in [-0.05, 0) is 176 Å². The van der Waals surface area contributed by atoms with Crippen LogP contribution in [-0.2, 0) is 10.8 Å². The van der Waals surface area contributed by atoms with Crippen LogP contribution < -0.4 is 0 Å². The fourth-order valence-electron chi connectivity index (χ4n) is 11.2. The zero-order valence-electron chi connectivity index (χ0n) is 39.7. The first kappa shape index (κ1) is 40.4. The molecule has 2 heterocycles. The molecule has 2 aromatic heterocycles. The second-order valence-electron chi connectivity index (χ2n) is 21.1. The van der Waals surface area contributed by atoms with Gasteiger partial charge in [0.15, 0.2) is 0 Å². The van der Waals surface area contributed by atoms with Crippen molar-refractivity contribution in [2.45, 2.75) is 80.1 Å². The molecule has 0 saturated heterocycles. The lowest BCUT2D eigenvalue weighted by Crippen LogP contribution is -2.10. The summed E-state index contributed by atoms with van der Waals surface area (Å²) in [5.74, 6) is 0. The molecule has 0 atom stereocenters. The van der Waals surface area contributed by atoms with Crippen LogP contribution in [0.2, 0.25) is 0 Å². The van der Waals surface area contributed by atoms with Crippen LogP contribution in [0.5, 0.6) is 0 Å². The minimum absolute atomic E-state index is 0.0895. The summed E-state index contributed by atoms with van der Waals surface area (Å²) in [7, 11) is 0. The second kappa shape index (κ2) is 14.2. The van der Waals surface area contributed by atoms with Crippen LogP contribution in [0.3, 0.4) is 0 Å². The zero-order chi connectivity index (χ0) is 45.6. The third kappa shape index (κ3) is 6.07. The third-order valence-corrected chi connectivity index (χ3v) is 14.6. The highest BCUT2D eigenvalue weighted by Crippen LogP contribution is 2.53. The van der Waals surface area contributed by atoms with E-state index >= 15 is 0 Å². The van der Waals surface area contributed by atoms with E-state index in [1.165, 1.54) is 88.3 Å². The third-order valence-electron chi connectivity index (χ3n) is 14.6. The minimum Gasteiger partial charge on any atom is -0.455 e. The van der Waals surface area contributed by atoms with Crippen molar-refractivity contribution in [3.05, 3.63) is 179 Å². The van der Waals surface area contributed by atoms with Crippen molar-refractivity contribution >= 4 is 76.2 Å². The topological polar surface area (TPSA) is 26.3 Å². The number of fused-ring (bicyclic) bond motifs is 8. The summed E-state index contributed by atoms with van der Waals surface area (Å²) in [6.45, 7) is 22.6. The first-order valence-corrected chi connectivity index (χ1v) is 23.5. The summed E-state index contributed by atoms with van der Waals surface area (Å²) in [5.41, 5.74) is 21.0. The summed E-state index contributed by atoms with van der Waals surface area (Å²) in [5, 5.41) is 11.6. The van der Waals surface area contributed by atoms with Gasteiger partial charge in [0.25, 0.3) is 0 Å². The summed E-state index contributed by atoms with van der Waals surface area (Å²) < 4.78 is 14.5. The van der Waals surface area contributed by atoms with Gasteiger partial charge in [0, 0.05) is 43.1 Å². The van der Waals surface area contributed by atoms with E-state index in [9.17, 15) is 0 Å². The van der Waals surface area contributed by atoms with Gasteiger partial charge in [-0.3, -0.25) is 0 Å². The number of hydrogen-bond donors (Lipinski definition) is 0. The Morgan fingerprint density at radius 1 is 0.333 bits per heavy atom. The zero-order valence-corrected chi connectivity index (χ0v) is 39.7. The molecule has 0 spiro atoms. The Kier molecular flexibility index (Phi) is 8.66. The molecule has 322 valence electrons. The Bertz CT molecular complexity index is 3650. The normalized spacial score (nSPS) is 12.7. The summed E-state index contributed by atoms with van der Waals surface area (Å²) in [6.07, 6.45) is 0. The van der Waals surface area contributed by atoms with Crippen LogP contribution in [-0.4, -0.2) is 0 Å². The average Bonchev–Trinajstić information content (AvgIpc) is 3.84. The van der Waals surface area contributed by atoms with Crippen molar-refractivity contribution in [3.8, 4) is 44.5 Å². The predicted molar refractivity (Wildman–Crippen MR) is 283 cm³/mol. The Hall–Kier alpha value is -7.16. The lowest BCUT2D eigenvalue weighted by Gasteiger charge is -2.21. The van der Waals surface area contributed by atoms with Crippen LogP contribution in [0.1, 0.15) is 74.9 Å². The van der Waals surface area contributed by atoms with Gasteiger partial charge in [-0.1, -0.05) is 139 Å². The van der Waals surface area contributed by atoms with Crippen LogP contribution in [0, 0.1) is 27.7 Å². The molecule has 0 amide bonds. The van der Waals surface area contributed by atoms with Gasteiger partial charge < -0.3 is 8.83 Å². The Labute approximate surface area is 386 Å². The van der Waals surface area contributed by atoms with Crippen LogP contribution >= 0.6 is 0 Å². The highest BCUT2D eigenvalue weighted by molar-refractivity contribution is 6.39. The maximum Gasteiger partial charge on any atom is 0.143 e. The SMILES string of the molecule is Cc1cccc(C)c1-c1cc2cc3c4ccc(-c5ccc(C(C)(C)C)cc5)cc4oc3c3c(-c4c(C)cccc4C)cc4cc5c6ccc(-c7ccc(C(C)(C)C)cc7)cc6oc5c1c4c23. The van der Waals surface area contributed by atoms with E-state index < -0.39 is 0 Å². The minimum atomic E-state index is 0.0895. The van der Waals surface area contributed by atoms with Crippen molar-refractivity contribution < 1.29 is 8.83 Å². The van der Waals surface area contributed by atoms with E-state index in [0.717, 1.165) is 65.8 Å². The molecule has 0 unspecified atom stereocenters. The quantitative estimate of drug-likeness (QED) is 0.165. The van der Waals surface area contributed by atoms with Gasteiger partial charge in [0.1, 0.15) is 22.3 Å². The van der Waals surface area contributed by atoms with Gasteiger partial charge in [-0.15, -0.1) is 0 Å². The number of furan rings is 2. The van der Waals surface area contributed by atoms with E-state index in [-0.39, 0.29) is 10.8 Å². The van der Waals surface area contributed by atoms with E-state index in [0.29, 0.717) is 0 Å². The van der Waals surface area contributed by atoms with Crippen molar-refractivity contribution in [2.24, 2.45) is 0 Å². The lowest BCUT2D eigenvalue weighted by molar-refractivity contribution is 0.590. The van der Waals surface area contributed by atoms with Gasteiger partial charge in [-0.25, -0.2) is 0 Å². The highest BCUT2D eigenvalue weighted by Gasteiger charge is 2.27. The van der Waals surface area contributed by atoms with E-state index in [4.69, 9.17) is 8.83 Å². The van der Waals surface area contributed by atoms with E-state index in [1.807, 2.05) is 0 Å². The maximum absolute atomic E-state index is 7.24. The first-order valence-electron chi connectivity index (χ1n) is 23.5. The highest BCUT2D eigenvalue weighted by atomic mass is 16.3. The Balaban J connectivity index is 1.20. The average molecular weight is 855 g/mol. The molecule has 0 aliphatic carbocycles. The maximum atomic E-state index is 7.24. The fourth-order valence-corrected chi connectivity index (χ4v) is 11.2. The largest absolute Gasteiger partial charge is 0.455 e. The van der Waals surface area contributed by atoms with Gasteiger partial charge in [0.2, 0.25) is 0 Å². The first-order chi connectivity index (χ1) is 31.6. The molecule has 2 heteroatoms. The molecule has 0 bridgehead atoms. The molecule has 12 rings (SSSR count). The van der Waals surface area contributed by atoms with E-state index in [1.54, 1.807) is 0 Å². The molecular weight excluding hydrogens is 801 g/mol. The van der Waals surface area contributed by atoms with Crippen molar-refractivity contribution in [1.82, 2.24) is 0 Å². The molecule has 0 aliphatic heterocycles. The van der Waals surface area contributed by atoms with Crippen LogP contribution in [0.25, 0.3) is 121 Å². The molecule has 0 fully saturated rings. The summed E-state index contributed by atoms with van der Waals surface area (Å²) in [4.78, 5) is 0. The van der Waals surface area contributed by atoms with E-state index in [2.05, 4.69) is 215 Å². The standard InChI is InChI=1S/C64H54O2/c1-35-13-11-14-36(2)55(35)51-31-43-29-50-48-28-22-42(40-19-25-46(26-20-40)64(8,9)10)34-54(48)66-62(50)60-52(56-37(3)15-12-16-38(56)4)32-44-30-49-47-27-21-41(39-17-23-45(24-18-39)63(5,6)7)33-53(47)65-61(49)59(51)57(44)58(43)60/h11-34H,1-10H3. The Morgan fingerprint density at radius 2 is 0.682 bits per heavy atom. The molecule has 12 aromatic rings. The Morgan fingerprint density at radius 3 is 1.03 bits per heavy atom. The van der Waals surface area contributed by atoms with Crippen molar-refractivity contribution in [2.75, 3.05) is 0 Å². The fraction of sp³-hybridized carbons (Fsp3) is 0.188. The predicted octanol–water partition coefficient (Wildman–Crippen LogP) is 18.9. The molecule has 0 aliphatic rings. The number of aryl methyl sites for hydroxylation is 4. The molecule has 0 N–H and O–H groups in total. The van der Waals surface area contributed by atoms with Gasteiger partial charge in [-0.2, -0.15) is 0 Å². The molecule has 10 aromatic carbocycles. The smallest absolute Gasteiger partial charge is 0.143 e. The molecule has 0 radical (unpaired) electrons. The van der Waals surface area contributed by atoms with Crippen LogP contribution in [0.4, 0.5) is 0 Å². The second-order valence-corrected chi connectivity index (χ2v) is 21.1. The van der Waals surface area contributed by atoms with Gasteiger partial charge >= 0.3 is 0 Å². The van der Waals surface area contributed by atoms with Crippen molar-refractivity contribution in [1.29, 1.82) is 0 Å². The van der Waals surface area contributed by atoms with Crippen LogP contribution in [0.15, 0.2) is 154 Å². The van der Waals surface area contributed by atoms with Gasteiger partial charge in [0.05, 0.1) is 0 Å². The molecular formula is C64H54O2. The summed E-state index contributed by atoms with van der Waals surface area (Å²) in [6, 6.07) is 54.6. The molecule has 66 heavy (non-hydrogen) atoms. The number of rotatable bonds is 4. The number of benzene rings is 10. The summed E-state index contributed by atoms with van der Waals surface area (Å²) >= 11 is 0. The lowest BCUT2D eigenvalue weighted by atomic mass is 9.81.